The zero-order valence-electron chi connectivity index (χ0n) is 18.3. The summed E-state index contributed by atoms with van der Waals surface area (Å²) in [5, 5.41) is 13.7. The number of carbonyl (C=O) groups is 1. The molecule has 9 nitrogen and oxygen atoms in total. The lowest BCUT2D eigenvalue weighted by Crippen LogP contribution is -2.54. The molecule has 1 aliphatic heterocycles. The summed E-state index contributed by atoms with van der Waals surface area (Å²) >= 11 is 6.36. The van der Waals surface area contributed by atoms with Crippen LogP contribution in [-0.2, 0) is 0 Å². The molecule has 1 atom stereocenters. The second kappa shape index (κ2) is 9.23. The van der Waals surface area contributed by atoms with Crippen molar-refractivity contribution < 1.29 is 4.79 Å². The van der Waals surface area contributed by atoms with Crippen LogP contribution in [0.25, 0.3) is 11.0 Å². The Kier molecular flexibility index (Phi) is 6.40. The van der Waals surface area contributed by atoms with Crippen LogP contribution in [0.5, 0.6) is 0 Å². The molecule has 0 spiro atoms. The number of pyridine rings is 1. The van der Waals surface area contributed by atoms with E-state index in [2.05, 4.69) is 30.9 Å². The Hall–Kier alpha value is -3.01. The summed E-state index contributed by atoms with van der Waals surface area (Å²) in [6.45, 7) is 7.85. The van der Waals surface area contributed by atoms with Gasteiger partial charge in [0.2, 0.25) is 5.95 Å². The highest BCUT2D eigenvalue weighted by Gasteiger charge is 2.26. The van der Waals surface area contributed by atoms with Gasteiger partial charge in [-0.2, -0.15) is 4.98 Å². The fraction of sp³-hybridized carbons (Fsp3) is 0.364. The number of hydrazine groups is 1. The van der Waals surface area contributed by atoms with Crippen molar-refractivity contribution in [3.8, 4) is 0 Å². The Labute approximate surface area is 192 Å². The predicted molar refractivity (Wildman–Crippen MR) is 127 cm³/mol. The first kappa shape index (κ1) is 22.2. The molecule has 1 fully saturated rings. The average Bonchev–Trinajstić information content (AvgIpc) is 2.73. The maximum Gasteiger partial charge on any atom is 0.320 e. The van der Waals surface area contributed by atoms with Crippen molar-refractivity contribution in [2.45, 2.75) is 31.8 Å². The van der Waals surface area contributed by atoms with Crippen LogP contribution in [0.4, 0.5) is 22.2 Å². The number of aromatic nitrogens is 3. The average molecular weight is 455 g/mol. The number of benzene rings is 1. The second-order valence-electron chi connectivity index (χ2n) is 8.59. The molecule has 2 amide bonds. The van der Waals surface area contributed by atoms with Crippen LogP contribution < -0.4 is 21.0 Å². The van der Waals surface area contributed by atoms with E-state index in [9.17, 15) is 4.79 Å². The minimum Gasteiger partial charge on any atom is -0.333 e. The Bertz CT molecular complexity index is 1090. The summed E-state index contributed by atoms with van der Waals surface area (Å²) in [5.74, 6) is 0.899. The summed E-state index contributed by atoms with van der Waals surface area (Å²) in [6.07, 6.45) is 1.74. The van der Waals surface area contributed by atoms with Gasteiger partial charge in [0.05, 0.1) is 11.2 Å². The lowest BCUT2D eigenvalue weighted by molar-refractivity contribution is 0.228. The molecule has 3 heterocycles. The van der Waals surface area contributed by atoms with Crippen molar-refractivity contribution >= 4 is 46.1 Å². The maximum absolute atomic E-state index is 12.2. The van der Waals surface area contributed by atoms with E-state index in [1.165, 1.54) is 0 Å². The lowest BCUT2D eigenvalue weighted by atomic mass is 10.1. The van der Waals surface area contributed by atoms with Crippen molar-refractivity contribution in [3.63, 3.8) is 0 Å². The molecule has 4 rings (SSSR count). The van der Waals surface area contributed by atoms with Gasteiger partial charge in [0.25, 0.3) is 0 Å². The van der Waals surface area contributed by atoms with E-state index >= 15 is 0 Å². The third-order valence-electron chi connectivity index (χ3n) is 4.74. The molecule has 1 aliphatic rings. The van der Waals surface area contributed by atoms with Gasteiger partial charge in [-0.05, 0) is 45.0 Å². The number of para-hydroxylation sites is 1. The highest BCUT2D eigenvalue weighted by atomic mass is 35.5. The van der Waals surface area contributed by atoms with Gasteiger partial charge in [-0.25, -0.2) is 24.8 Å². The molecule has 0 saturated carbocycles. The Morgan fingerprint density at radius 3 is 2.69 bits per heavy atom. The van der Waals surface area contributed by atoms with Gasteiger partial charge < -0.3 is 5.32 Å². The van der Waals surface area contributed by atoms with E-state index in [4.69, 9.17) is 16.6 Å². The zero-order chi connectivity index (χ0) is 22.7. The normalized spacial score (nSPS) is 17.2. The molecule has 1 unspecified atom stereocenters. The monoisotopic (exact) mass is 454 g/mol. The number of hydrogen-bond donors (Lipinski definition) is 3. The molecule has 1 aromatic carbocycles. The third kappa shape index (κ3) is 5.42. The van der Waals surface area contributed by atoms with Crippen LogP contribution in [0.2, 0.25) is 0 Å². The van der Waals surface area contributed by atoms with E-state index in [1.807, 2.05) is 62.2 Å². The third-order valence-corrected chi connectivity index (χ3v) is 5.03. The molecular formula is C22H27ClN8O. The first-order chi connectivity index (χ1) is 15.3. The Balaban J connectivity index is 1.67. The van der Waals surface area contributed by atoms with E-state index in [-0.39, 0.29) is 17.1 Å². The minimum atomic E-state index is -0.351. The molecule has 3 aromatic rings. The van der Waals surface area contributed by atoms with E-state index in [1.54, 1.807) is 12.3 Å². The fourth-order valence-electron chi connectivity index (χ4n) is 3.41. The van der Waals surface area contributed by atoms with Crippen molar-refractivity contribution in [1.82, 2.24) is 30.6 Å². The molecule has 168 valence electrons. The topological polar surface area (TPSA) is 98.3 Å². The number of urea groups is 1. The number of hydrogen-bond acceptors (Lipinski definition) is 7. The first-order valence-corrected chi connectivity index (χ1v) is 10.9. The van der Waals surface area contributed by atoms with Crippen LogP contribution in [0.1, 0.15) is 20.8 Å². The SMILES string of the molecule is CC(C)(C)NC(=O)Nc1ccc2cnc(N(c3ccccc3)N3CCNC(Cl)C3)nc2n1. The van der Waals surface area contributed by atoms with Crippen molar-refractivity contribution in [2.75, 3.05) is 30.0 Å². The van der Waals surface area contributed by atoms with Gasteiger partial charge >= 0.3 is 6.03 Å². The van der Waals surface area contributed by atoms with Crippen LogP contribution in [0.3, 0.4) is 0 Å². The molecule has 0 aliphatic carbocycles. The standard InChI is InChI=1S/C22H27ClN8O/c1-22(2,3)29-21(32)27-18-10-9-15-13-25-20(28-19(15)26-18)31(16-7-5-4-6-8-16)30-12-11-24-17(23)14-30/h4-10,13,17,24H,11-12,14H2,1-3H3,(H2,25,26,27,28,29,32). The van der Waals surface area contributed by atoms with Crippen LogP contribution in [-0.4, -0.2) is 56.7 Å². The molecule has 1 saturated heterocycles. The summed E-state index contributed by atoms with van der Waals surface area (Å²) < 4.78 is 0. The summed E-state index contributed by atoms with van der Waals surface area (Å²) in [7, 11) is 0. The van der Waals surface area contributed by atoms with Crippen molar-refractivity contribution in [2.24, 2.45) is 0 Å². The van der Waals surface area contributed by atoms with Gasteiger partial charge in [-0.1, -0.05) is 18.2 Å². The molecule has 0 radical (unpaired) electrons. The van der Waals surface area contributed by atoms with Crippen LogP contribution in [0.15, 0.2) is 48.7 Å². The van der Waals surface area contributed by atoms with E-state index in [0.717, 1.165) is 24.2 Å². The Morgan fingerprint density at radius 2 is 1.97 bits per heavy atom. The van der Waals surface area contributed by atoms with Gasteiger partial charge in [-0.3, -0.25) is 10.6 Å². The van der Waals surface area contributed by atoms with Crippen molar-refractivity contribution in [1.29, 1.82) is 0 Å². The lowest BCUT2D eigenvalue weighted by Gasteiger charge is -2.39. The highest BCUT2D eigenvalue weighted by molar-refractivity contribution is 6.20. The second-order valence-corrected chi connectivity index (χ2v) is 9.12. The number of nitrogens with one attached hydrogen (secondary N) is 3. The number of anilines is 3. The first-order valence-electron chi connectivity index (χ1n) is 10.5. The molecule has 3 N–H and O–H groups in total. The van der Waals surface area contributed by atoms with E-state index in [0.29, 0.717) is 24.0 Å². The Morgan fingerprint density at radius 1 is 1.19 bits per heavy atom. The molecule has 32 heavy (non-hydrogen) atoms. The van der Waals surface area contributed by atoms with Crippen LogP contribution >= 0.6 is 11.6 Å². The zero-order valence-corrected chi connectivity index (χ0v) is 19.1. The van der Waals surface area contributed by atoms with Crippen molar-refractivity contribution in [3.05, 3.63) is 48.7 Å². The number of amides is 2. The molecular weight excluding hydrogens is 428 g/mol. The molecule has 0 bridgehead atoms. The van der Waals surface area contributed by atoms with E-state index < -0.39 is 0 Å². The number of rotatable bonds is 4. The summed E-state index contributed by atoms with van der Waals surface area (Å²) in [4.78, 5) is 26.1. The highest BCUT2D eigenvalue weighted by Crippen LogP contribution is 2.26. The number of alkyl halides is 1. The number of nitrogens with zero attached hydrogens (tertiary/aromatic N) is 5. The van der Waals surface area contributed by atoms with Gasteiger partial charge in [0.1, 0.15) is 5.82 Å². The number of carbonyl (C=O) groups excluding carboxylic acids is 1. The quantitative estimate of drug-likeness (QED) is 0.410. The molecule has 2 aromatic heterocycles. The molecule has 10 heteroatoms. The fourth-order valence-corrected chi connectivity index (χ4v) is 3.68. The smallest absolute Gasteiger partial charge is 0.320 e. The minimum absolute atomic E-state index is 0.175. The summed E-state index contributed by atoms with van der Waals surface area (Å²) in [5.41, 5.74) is 0.889. The number of piperazine rings is 1. The van der Waals surface area contributed by atoms with Gasteiger partial charge in [0, 0.05) is 36.8 Å². The summed E-state index contributed by atoms with van der Waals surface area (Å²) in [6, 6.07) is 13.2. The van der Waals surface area contributed by atoms with Crippen LogP contribution in [0, 0.1) is 0 Å². The van der Waals surface area contributed by atoms with Gasteiger partial charge in [0.15, 0.2) is 5.65 Å². The predicted octanol–water partition coefficient (Wildman–Crippen LogP) is 3.47. The van der Waals surface area contributed by atoms with Gasteiger partial charge in [-0.15, -0.1) is 11.6 Å². The maximum atomic E-state index is 12.2. The number of halogens is 1. The largest absolute Gasteiger partial charge is 0.333 e. The number of fused-ring (bicyclic) bond motifs is 1.